The zero-order valence-electron chi connectivity index (χ0n) is 10.6. The Morgan fingerprint density at radius 1 is 1.44 bits per heavy atom. The highest BCUT2D eigenvalue weighted by Gasteiger charge is 2.29. The minimum absolute atomic E-state index is 0.157. The van der Waals surface area contributed by atoms with Gasteiger partial charge in [0.15, 0.2) is 0 Å². The second-order valence-corrected chi connectivity index (χ2v) is 4.89. The predicted octanol–water partition coefficient (Wildman–Crippen LogP) is 1.90. The van der Waals surface area contributed by atoms with Crippen molar-refractivity contribution < 1.29 is 9.90 Å². The second kappa shape index (κ2) is 5.83. The lowest BCUT2D eigenvalue weighted by molar-refractivity contribution is -0.116. The van der Waals surface area contributed by atoms with Crippen LogP contribution in [0, 0.1) is 12.8 Å². The fraction of sp³-hybridized carbons (Fsp3) is 0.400. The Morgan fingerprint density at radius 3 is 2.72 bits per heavy atom. The third-order valence-corrected chi connectivity index (χ3v) is 3.16. The summed E-state index contributed by atoms with van der Waals surface area (Å²) in [5.74, 6) is 0.238. The Morgan fingerprint density at radius 2 is 2.11 bits per heavy atom. The van der Waals surface area contributed by atoms with Crippen LogP contribution in [0.4, 0.5) is 0 Å². The maximum atomic E-state index is 11.5. The van der Waals surface area contributed by atoms with E-state index in [9.17, 15) is 9.90 Å². The van der Waals surface area contributed by atoms with Crippen LogP contribution in [-0.4, -0.2) is 23.7 Å². The van der Waals surface area contributed by atoms with E-state index in [2.05, 4.69) is 5.32 Å². The summed E-state index contributed by atoms with van der Waals surface area (Å²) >= 11 is 0. The standard InChI is InChI=1S/C15H19NO2/c1-11-2-4-12(5-3-11)6-9-15(18)16-10-14(17)13-7-8-13/h2-6,9,13-14,17H,7-8,10H2,1H3,(H,16,18). The Hall–Kier alpha value is -1.61. The van der Waals surface area contributed by atoms with Crippen molar-refractivity contribution in [2.45, 2.75) is 25.9 Å². The van der Waals surface area contributed by atoms with Crippen molar-refractivity contribution in [3.8, 4) is 0 Å². The highest BCUT2D eigenvalue weighted by molar-refractivity contribution is 5.91. The Labute approximate surface area is 108 Å². The number of aliphatic hydroxyl groups excluding tert-OH is 1. The van der Waals surface area contributed by atoms with Crippen LogP contribution in [0.5, 0.6) is 0 Å². The van der Waals surface area contributed by atoms with Crippen molar-refractivity contribution >= 4 is 12.0 Å². The molecule has 0 aliphatic heterocycles. The van der Waals surface area contributed by atoms with Gasteiger partial charge in [-0.3, -0.25) is 4.79 Å². The van der Waals surface area contributed by atoms with Gasteiger partial charge in [0.05, 0.1) is 6.10 Å². The van der Waals surface area contributed by atoms with Gasteiger partial charge in [-0.2, -0.15) is 0 Å². The van der Waals surface area contributed by atoms with E-state index in [1.807, 2.05) is 31.2 Å². The van der Waals surface area contributed by atoms with E-state index in [4.69, 9.17) is 0 Å². The molecule has 1 unspecified atom stereocenters. The largest absolute Gasteiger partial charge is 0.391 e. The number of hydrogen-bond acceptors (Lipinski definition) is 2. The molecule has 1 aromatic rings. The van der Waals surface area contributed by atoms with Crippen molar-refractivity contribution in [1.29, 1.82) is 0 Å². The smallest absolute Gasteiger partial charge is 0.244 e. The predicted molar refractivity (Wildman–Crippen MR) is 72.0 cm³/mol. The van der Waals surface area contributed by atoms with Crippen LogP contribution < -0.4 is 5.32 Å². The van der Waals surface area contributed by atoms with Crippen LogP contribution >= 0.6 is 0 Å². The van der Waals surface area contributed by atoms with Crippen LogP contribution in [0.1, 0.15) is 24.0 Å². The van der Waals surface area contributed by atoms with E-state index < -0.39 is 0 Å². The van der Waals surface area contributed by atoms with Crippen LogP contribution in [0.2, 0.25) is 0 Å². The molecule has 3 nitrogen and oxygen atoms in total. The Bertz CT molecular complexity index is 432. The fourth-order valence-corrected chi connectivity index (χ4v) is 1.76. The molecule has 2 rings (SSSR count). The summed E-state index contributed by atoms with van der Waals surface area (Å²) in [6.07, 6.45) is 5.05. The fourth-order valence-electron chi connectivity index (χ4n) is 1.76. The van der Waals surface area contributed by atoms with Gasteiger partial charge in [-0.05, 0) is 37.3 Å². The summed E-state index contributed by atoms with van der Waals surface area (Å²) in [5.41, 5.74) is 2.20. The van der Waals surface area contributed by atoms with Gasteiger partial charge < -0.3 is 10.4 Å². The van der Waals surface area contributed by atoms with E-state index in [-0.39, 0.29) is 12.0 Å². The summed E-state index contributed by atoms with van der Waals surface area (Å²) in [5, 5.41) is 12.3. The third kappa shape index (κ3) is 4.00. The molecule has 1 aliphatic carbocycles. The monoisotopic (exact) mass is 245 g/mol. The zero-order chi connectivity index (χ0) is 13.0. The number of carbonyl (C=O) groups excluding carboxylic acids is 1. The van der Waals surface area contributed by atoms with E-state index in [0.29, 0.717) is 12.5 Å². The summed E-state index contributed by atoms with van der Waals surface area (Å²) in [6, 6.07) is 7.96. The molecule has 18 heavy (non-hydrogen) atoms. The SMILES string of the molecule is Cc1ccc(C=CC(=O)NCC(O)C2CC2)cc1. The van der Waals surface area contributed by atoms with Gasteiger partial charge in [-0.15, -0.1) is 0 Å². The van der Waals surface area contributed by atoms with Gasteiger partial charge in [0.2, 0.25) is 5.91 Å². The first-order valence-electron chi connectivity index (χ1n) is 6.36. The molecule has 3 heteroatoms. The number of nitrogens with one attached hydrogen (secondary N) is 1. The van der Waals surface area contributed by atoms with Crippen molar-refractivity contribution in [2.24, 2.45) is 5.92 Å². The molecule has 0 aromatic heterocycles. The maximum absolute atomic E-state index is 11.5. The van der Waals surface area contributed by atoms with E-state index in [0.717, 1.165) is 18.4 Å². The average Bonchev–Trinajstić information content (AvgIpc) is 3.19. The molecule has 1 aliphatic rings. The van der Waals surface area contributed by atoms with Gasteiger partial charge in [0.1, 0.15) is 0 Å². The molecule has 1 amide bonds. The molecular formula is C15H19NO2. The van der Waals surface area contributed by atoms with Crippen LogP contribution in [0.3, 0.4) is 0 Å². The molecule has 0 spiro atoms. The molecule has 0 saturated heterocycles. The van der Waals surface area contributed by atoms with Crippen LogP contribution in [0.15, 0.2) is 30.3 Å². The summed E-state index contributed by atoms with van der Waals surface area (Å²) < 4.78 is 0. The highest BCUT2D eigenvalue weighted by Crippen LogP contribution is 2.32. The Kier molecular flexibility index (Phi) is 4.15. The van der Waals surface area contributed by atoms with Crippen molar-refractivity contribution in [3.05, 3.63) is 41.5 Å². The van der Waals surface area contributed by atoms with Crippen molar-refractivity contribution in [2.75, 3.05) is 6.54 Å². The molecular weight excluding hydrogens is 226 g/mol. The number of aliphatic hydroxyl groups is 1. The summed E-state index contributed by atoms with van der Waals surface area (Å²) in [7, 11) is 0. The van der Waals surface area contributed by atoms with Gasteiger partial charge >= 0.3 is 0 Å². The number of amides is 1. The second-order valence-electron chi connectivity index (χ2n) is 4.89. The minimum atomic E-state index is -0.387. The average molecular weight is 245 g/mol. The van der Waals surface area contributed by atoms with Crippen LogP contribution in [-0.2, 0) is 4.79 Å². The molecule has 96 valence electrons. The normalized spacial score (nSPS) is 16.8. The number of rotatable bonds is 5. The molecule has 1 atom stereocenters. The van der Waals surface area contributed by atoms with Crippen LogP contribution in [0.25, 0.3) is 6.08 Å². The van der Waals surface area contributed by atoms with E-state index >= 15 is 0 Å². The van der Waals surface area contributed by atoms with Crippen molar-refractivity contribution in [1.82, 2.24) is 5.32 Å². The summed E-state index contributed by atoms with van der Waals surface area (Å²) in [4.78, 5) is 11.5. The lowest BCUT2D eigenvalue weighted by atomic mass is 10.1. The number of benzene rings is 1. The Balaban J connectivity index is 1.77. The molecule has 0 bridgehead atoms. The first kappa shape index (κ1) is 12.8. The first-order chi connectivity index (χ1) is 8.65. The molecule has 2 N–H and O–H groups in total. The molecule has 1 fully saturated rings. The van der Waals surface area contributed by atoms with Gasteiger partial charge in [0.25, 0.3) is 0 Å². The first-order valence-corrected chi connectivity index (χ1v) is 6.36. The quantitative estimate of drug-likeness (QED) is 0.778. The minimum Gasteiger partial charge on any atom is -0.391 e. The third-order valence-electron chi connectivity index (χ3n) is 3.16. The molecule has 1 saturated carbocycles. The van der Waals surface area contributed by atoms with E-state index in [1.54, 1.807) is 6.08 Å². The molecule has 0 radical (unpaired) electrons. The highest BCUT2D eigenvalue weighted by atomic mass is 16.3. The lowest BCUT2D eigenvalue weighted by Crippen LogP contribution is -2.31. The lowest BCUT2D eigenvalue weighted by Gasteiger charge is -2.08. The number of aryl methyl sites for hydroxylation is 1. The van der Waals surface area contributed by atoms with Gasteiger partial charge in [-0.1, -0.05) is 29.8 Å². The summed E-state index contributed by atoms with van der Waals surface area (Å²) in [6.45, 7) is 2.38. The maximum Gasteiger partial charge on any atom is 0.244 e. The van der Waals surface area contributed by atoms with Gasteiger partial charge in [0, 0.05) is 12.6 Å². The van der Waals surface area contributed by atoms with Crippen molar-refractivity contribution in [3.63, 3.8) is 0 Å². The topological polar surface area (TPSA) is 49.3 Å². The zero-order valence-corrected chi connectivity index (χ0v) is 10.6. The molecule has 0 heterocycles. The van der Waals surface area contributed by atoms with E-state index in [1.165, 1.54) is 11.6 Å². The number of hydrogen-bond donors (Lipinski definition) is 2. The molecule has 1 aromatic carbocycles. The van der Waals surface area contributed by atoms with Gasteiger partial charge in [-0.25, -0.2) is 0 Å². The number of carbonyl (C=O) groups is 1.